The van der Waals surface area contributed by atoms with Gasteiger partial charge in [0.15, 0.2) is 0 Å². The molecule has 0 aliphatic heterocycles. The summed E-state index contributed by atoms with van der Waals surface area (Å²) in [5.41, 5.74) is 2.34. The van der Waals surface area contributed by atoms with Crippen LogP contribution >= 0.6 is 12.4 Å². The number of halogens is 1. The first kappa shape index (κ1) is 17.2. The molecular weight excluding hydrogens is 288 g/mol. The third-order valence-electron chi connectivity index (χ3n) is 3.19. The molecule has 0 bridgehead atoms. The zero-order valence-corrected chi connectivity index (χ0v) is 13.4. The average molecular weight is 309 g/mol. The Kier molecular flexibility index (Phi) is 6.39. The van der Waals surface area contributed by atoms with E-state index in [4.69, 9.17) is 0 Å². The van der Waals surface area contributed by atoms with Crippen LogP contribution in [0.5, 0.6) is 0 Å². The largest absolute Gasteiger partial charge is 0.340 e. The van der Waals surface area contributed by atoms with Crippen LogP contribution in [-0.4, -0.2) is 47.8 Å². The molecule has 0 fully saturated rings. The molecule has 0 spiro atoms. The quantitative estimate of drug-likeness (QED) is 0.918. The molecule has 21 heavy (non-hydrogen) atoms. The van der Waals surface area contributed by atoms with Crippen LogP contribution in [0.2, 0.25) is 0 Å². The number of nitrogens with zero attached hydrogens (tertiary/aromatic N) is 3. The lowest BCUT2D eigenvalue weighted by molar-refractivity contribution is 0.0796. The number of para-hydroxylation sites is 1. The summed E-state index contributed by atoms with van der Waals surface area (Å²) in [5, 5.41) is 7.45. The summed E-state index contributed by atoms with van der Waals surface area (Å²) in [6.07, 6.45) is 1.79. The molecule has 5 nitrogen and oxygen atoms in total. The van der Waals surface area contributed by atoms with Gasteiger partial charge in [-0.3, -0.25) is 4.79 Å². The lowest BCUT2D eigenvalue weighted by Crippen LogP contribution is -2.32. The lowest BCUT2D eigenvalue weighted by atomic mass is 10.2. The second-order valence-corrected chi connectivity index (χ2v) is 4.74. The molecule has 2 rings (SSSR count). The maximum atomic E-state index is 12.4. The SMILES string of the molecule is CNCCN(C)C(=O)c1cn(-c2ccccc2)nc1C.Cl. The van der Waals surface area contributed by atoms with Crippen LogP contribution in [0.4, 0.5) is 0 Å². The fraction of sp³-hybridized carbons (Fsp3) is 0.333. The number of aromatic nitrogens is 2. The number of nitrogens with one attached hydrogen (secondary N) is 1. The van der Waals surface area contributed by atoms with E-state index in [-0.39, 0.29) is 18.3 Å². The number of carbonyl (C=O) groups excluding carboxylic acids is 1. The molecule has 0 atom stereocenters. The van der Waals surface area contributed by atoms with Gasteiger partial charge in [0.2, 0.25) is 0 Å². The molecule has 1 aromatic carbocycles. The second-order valence-electron chi connectivity index (χ2n) is 4.74. The van der Waals surface area contributed by atoms with Crippen molar-refractivity contribution < 1.29 is 4.79 Å². The van der Waals surface area contributed by atoms with Crippen LogP contribution in [0.1, 0.15) is 16.1 Å². The van der Waals surface area contributed by atoms with E-state index in [1.807, 2.05) is 44.3 Å². The zero-order chi connectivity index (χ0) is 14.5. The van der Waals surface area contributed by atoms with Gasteiger partial charge < -0.3 is 10.2 Å². The minimum absolute atomic E-state index is 0. The van der Waals surface area contributed by atoms with Crippen molar-refractivity contribution in [1.29, 1.82) is 0 Å². The predicted molar refractivity (Wildman–Crippen MR) is 86.4 cm³/mol. The molecule has 0 unspecified atom stereocenters. The van der Waals surface area contributed by atoms with Crippen LogP contribution in [-0.2, 0) is 0 Å². The van der Waals surface area contributed by atoms with Gasteiger partial charge in [-0.15, -0.1) is 12.4 Å². The van der Waals surface area contributed by atoms with Crippen LogP contribution < -0.4 is 5.32 Å². The number of amides is 1. The summed E-state index contributed by atoms with van der Waals surface area (Å²) in [4.78, 5) is 14.1. The van der Waals surface area contributed by atoms with E-state index >= 15 is 0 Å². The van der Waals surface area contributed by atoms with E-state index < -0.39 is 0 Å². The maximum Gasteiger partial charge on any atom is 0.257 e. The van der Waals surface area contributed by atoms with Crippen molar-refractivity contribution in [2.45, 2.75) is 6.92 Å². The van der Waals surface area contributed by atoms with Gasteiger partial charge in [-0.2, -0.15) is 5.10 Å². The molecule has 0 saturated carbocycles. The Morgan fingerprint density at radius 1 is 1.33 bits per heavy atom. The highest BCUT2D eigenvalue weighted by Gasteiger charge is 2.17. The van der Waals surface area contributed by atoms with E-state index in [0.29, 0.717) is 12.1 Å². The predicted octanol–water partition coefficient (Wildman–Crippen LogP) is 1.89. The number of hydrogen-bond donors (Lipinski definition) is 1. The highest BCUT2D eigenvalue weighted by Crippen LogP contribution is 2.13. The van der Waals surface area contributed by atoms with Crippen molar-refractivity contribution in [3.63, 3.8) is 0 Å². The monoisotopic (exact) mass is 308 g/mol. The average Bonchev–Trinajstić information content (AvgIpc) is 2.87. The number of rotatable bonds is 5. The minimum Gasteiger partial charge on any atom is -0.340 e. The van der Waals surface area contributed by atoms with Crippen molar-refractivity contribution >= 4 is 18.3 Å². The van der Waals surface area contributed by atoms with Crippen LogP contribution in [0.25, 0.3) is 5.69 Å². The molecule has 1 aromatic heterocycles. The summed E-state index contributed by atoms with van der Waals surface area (Å²) in [5.74, 6) is -0.0000638. The van der Waals surface area contributed by atoms with E-state index in [1.54, 1.807) is 22.8 Å². The van der Waals surface area contributed by atoms with Gasteiger partial charge >= 0.3 is 0 Å². The maximum absolute atomic E-state index is 12.4. The number of likely N-dealkylation sites (N-methyl/N-ethyl adjacent to an activating group) is 2. The van der Waals surface area contributed by atoms with Gasteiger partial charge in [-0.25, -0.2) is 4.68 Å². The van der Waals surface area contributed by atoms with Crippen molar-refractivity contribution in [3.8, 4) is 5.69 Å². The molecule has 114 valence electrons. The molecule has 0 saturated heterocycles. The molecule has 0 aliphatic rings. The molecule has 6 heteroatoms. The van der Waals surface area contributed by atoms with Gasteiger partial charge in [0.25, 0.3) is 5.91 Å². The zero-order valence-electron chi connectivity index (χ0n) is 12.5. The molecule has 0 aliphatic carbocycles. The summed E-state index contributed by atoms with van der Waals surface area (Å²) in [6.45, 7) is 3.30. The van der Waals surface area contributed by atoms with Gasteiger partial charge in [0.05, 0.1) is 16.9 Å². The summed E-state index contributed by atoms with van der Waals surface area (Å²) in [7, 11) is 3.68. The van der Waals surface area contributed by atoms with Crippen molar-refractivity contribution in [2.24, 2.45) is 0 Å². The number of aryl methyl sites for hydroxylation is 1. The highest BCUT2D eigenvalue weighted by molar-refractivity contribution is 5.95. The van der Waals surface area contributed by atoms with E-state index in [1.165, 1.54) is 0 Å². The summed E-state index contributed by atoms with van der Waals surface area (Å²) < 4.78 is 1.74. The second kappa shape index (κ2) is 7.81. The Hall–Kier alpha value is -1.85. The highest BCUT2D eigenvalue weighted by atomic mass is 35.5. The molecule has 1 heterocycles. The van der Waals surface area contributed by atoms with Crippen molar-refractivity contribution in [3.05, 3.63) is 47.8 Å². The van der Waals surface area contributed by atoms with Crippen molar-refractivity contribution in [2.75, 3.05) is 27.2 Å². The lowest BCUT2D eigenvalue weighted by Gasteiger charge is -2.16. The normalized spacial score (nSPS) is 10.0. The van der Waals surface area contributed by atoms with Gasteiger partial charge in [0, 0.05) is 26.3 Å². The standard InChI is InChI=1S/C15H20N4O.ClH/c1-12-14(15(20)18(3)10-9-16-2)11-19(17-12)13-7-5-4-6-8-13;/h4-8,11,16H,9-10H2,1-3H3;1H. The van der Waals surface area contributed by atoms with Gasteiger partial charge in [-0.1, -0.05) is 18.2 Å². The van der Waals surface area contributed by atoms with Crippen LogP contribution in [0.15, 0.2) is 36.5 Å². The number of hydrogen-bond acceptors (Lipinski definition) is 3. The fourth-order valence-electron chi connectivity index (χ4n) is 1.97. The van der Waals surface area contributed by atoms with E-state index in [0.717, 1.165) is 17.9 Å². The Labute approximate surface area is 131 Å². The Morgan fingerprint density at radius 2 is 2.00 bits per heavy atom. The van der Waals surface area contributed by atoms with Crippen LogP contribution in [0.3, 0.4) is 0 Å². The Bertz CT molecular complexity index is 583. The first-order chi connectivity index (χ1) is 9.63. The van der Waals surface area contributed by atoms with Crippen molar-refractivity contribution in [1.82, 2.24) is 20.0 Å². The first-order valence-electron chi connectivity index (χ1n) is 6.65. The third kappa shape index (κ3) is 4.06. The fourth-order valence-corrected chi connectivity index (χ4v) is 1.97. The van der Waals surface area contributed by atoms with Crippen LogP contribution in [0, 0.1) is 6.92 Å². The Morgan fingerprint density at radius 3 is 2.62 bits per heavy atom. The summed E-state index contributed by atoms with van der Waals surface area (Å²) >= 11 is 0. The van der Waals surface area contributed by atoms with E-state index in [9.17, 15) is 4.79 Å². The first-order valence-corrected chi connectivity index (χ1v) is 6.65. The third-order valence-corrected chi connectivity index (χ3v) is 3.19. The van der Waals surface area contributed by atoms with E-state index in [2.05, 4.69) is 10.4 Å². The minimum atomic E-state index is -0.0000638. The topological polar surface area (TPSA) is 50.2 Å². The molecule has 1 amide bonds. The molecule has 1 N–H and O–H groups in total. The molecule has 0 radical (unpaired) electrons. The number of benzene rings is 1. The molecular formula is C15H21ClN4O. The Balaban J connectivity index is 0.00000220. The number of carbonyl (C=O) groups is 1. The smallest absolute Gasteiger partial charge is 0.257 e. The summed E-state index contributed by atoms with van der Waals surface area (Å²) in [6, 6.07) is 9.79. The van der Waals surface area contributed by atoms with Gasteiger partial charge in [-0.05, 0) is 26.1 Å². The van der Waals surface area contributed by atoms with Gasteiger partial charge in [0.1, 0.15) is 0 Å². The molecule has 2 aromatic rings.